The van der Waals surface area contributed by atoms with Gasteiger partial charge in [0.05, 0.1) is 25.9 Å². The third-order valence-electron chi connectivity index (χ3n) is 4.71. The summed E-state index contributed by atoms with van der Waals surface area (Å²) in [5.41, 5.74) is 0.900. The first-order valence-corrected chi connectivity index (χ1v) is 12.9. The molecule has 0 spiro atoms. The van der Waals surface area contributed by atoms with Crippen molar-refractivity contribution in [2.75, 3.05) is 25.1 Å². The highest BCUT2D eigenvalue weighted by Crippen LogP contribution is 2.28. The van der Waals surface area contributed by atoms with E-state index in [-0.39, 0.29) is 29.4 Å². The van der Waals surface area contributed by atoms with Gasteiger partial charge in [-0.05, 0) is 66.7 Å². The van der Waals surface area contributed by atoms with Crippen LogP contribution >= 0.6 is 11.8 Å². The molecule has 1 saturated heterocycles. The van der Waals surface area contributed by atoms with Gasteiger partial charge in [0.2, 0.25) is 0 Å². The number of nitrogens with one attached hydrogen (secondary N) is 2. The number of hydrogen-bond acceptors (Lipinski definition) is 10. The van der Waals surface area contributed by atoms with Crippen LogP contribution in [-0.4, -0.2) is 72.0 Å². The van der Waals surface area contributed by atoms with Gasteiger partial charge in [-0.1, -0.05) is 11.8 Å². The lowest BCUT2D eigenvalue weighted by Crippen LogP contribution is -2.38. The number of esters is 1. The van der Waals surface area contributed by atoms with Crippen LogP contribution in [0, 0.1) is 5.82 Å². The second-order valence-electron chi connectivity index (χ2n) is 10.5. The molecule has 12 nitrogen and oxygen atoms in total. The second kappa shape index (κ2) is 13.0. The lowest BCUT2D eigenvalue weighted by molar-refractivity contribution is -0.139. The van der Waals surface area contributed by atoms with Crippen LogP contribution in [0.25, 0.3) is 0 Å². The van der Waals surface area contributed by atoms with Crippen molar-refractivity contribution < 1.29 is 42.5 Å². The highest BCUT2D eigenvalue weighted by atomic mass is 32.2. The van der Waals surface area contributed by atoms with Gasteiger partial charge in [-0.25, -0.2) is 24.2 Å². The Morgan fingerprint density at radius 2 is 1.77 bits per heavy atom. The second-order valence-corrected chi connectivity index (χ2v) is 11.8. The zero-order chi connectivity index (χ0) is 29.5. The molecule has 3 amide bonds. The van der Waals surface area contributed by atoms with Crippen molar-refractivity contribution in [3.8, 4) is 0 Å². The van der Waals surface area contributed by atoms with Crippen LogP contribution in [0.15, 0.2) is 23.3 Å². The van der Waals surface area contributed by atoms with Crippen molar-refractivity contribution in [1.29, 1.82) is 0 Å². The van der Waals surface area contributed by atoms with Gasteiger partial charge < -0.3 is 24.3 Å². The predicted molar refractivity (Wildman–Crippen MR) is 143 cm³/mol. The van der Waals surface area contributed by atoms with Crippen molar-refractivity contribution in [2.24, 2.45) is 5.10 Å². The van der Waals surface area contributed by atoms with Crippen molar-refractivity contribution in [3.05, 3.63) is 29.6 Å². The number of carbonyl (C=O) groups is 4. The van der Waals surface area contributed by atoms with E-state index in [2.05, 4.69) is 15.8 Å². The maximum absolute atomic E-state index is 15.3. The molecule has 0 saturated carbocycles. The fourth-order valence-electron chi connectivity index (χ4n) is 3.12. The number of cyclic esters (lactones) is 1. The quantitative estimate of drug-likeness (QED) is 0.162. The monoisotopic (exact) mass is 570 g/mol. The van der Waals surface area contributed by atoms with E-state index >= 15 is 4.39 Å². The summed E-state index contributed by atoms with van der Waals surface area (Å²) in [6.45, 7) is 11.8. The molecule has 1 aliphatic rings. The molecule has 1 fully saturated rings. The lowest BCUT2D eigenvalue weighted by Gasteiger charge is -2.20. The molecule has 216 valence electrons. The van der Waals surface area contributed by atoms with E-state index in [9.17, 15) is 19.2 Å². The number of nitrogens with zero attached hydrogens (tertiary/aromatic N) is 2. The van der Waals surface area contributed by atoms with Crippen LogP contribution in [0.1, 0.15) is 54.0 Å². The number of benzene rings is 1. The Morgan fingerprint density at radius 1 is 1.15 bits per heavy atom. The summed E-state index contributed by atoms with van der Waals surface area (Å²) in [6, 6.07) is 3.93. The van der Waals surface area contributed by atoms with Gasteiger partial charge in [0, 0.05) is 5.56 Å². The van der Waals surface area contributed by atoms with Gasteiger partial charge >= 0.3 is 24.2 Å². The average molecular weight is 571 g/mol. The number of thioether (sulfide) groups is 1. The van der Waals surface area contributed by atoms with E-state index in [1.54, 1.807) is 41.5 Å². The summed E-state index contributed by atoms with van der Waals surface area (Å²) >= 11 is 0.865. The number of hydrazone groups is 1. The molecular formula is C25H35FN4O8S. The Labute approximate surface area is 230 Å². The molecule has 39 heavy (non-hydrogen) atoms. The summed E-state index contributed by atoms with van der Waals surface area (Å²) in [7, 11) is 1.22. The Morgan fingerprint density at radius 3 is 2.33 bits per heavy atom. The molecule has 1 aromatic carbocycles. The standard InChI is InChI=1S/C25H35FN4O8S/c1-14(20(31)35-8)39-19(28-29-22(33)38-25(5,6)7)17-10-9-15(11-18(17)26)30-13-16(36-23(30)34)12-27-21(32)37-24(2,3)4/h9-11,14,16H,12-13H2,1-8H3,(H,27,32)(H,29,33)/b28-19-/t14-,16-/m0/s1. The fraction of sp³-hybridized carbons (Fsp3) is 0.560. The Hall–Kier alpha value is -3.55. The van der Waals surface area contributed by atoms with Crippen molar-refractivity contribution in [3.63, 3.8) is 0 Å². The maximum atomic E-state index is 15.3. The number of alkyl carbamates (subject to hydrolysis) is 1. The van der Waals surface area contributed by atoms with E-state index in [0.29, 0.717) is 0 Å². The molecule has 0 bridgehead atoms. The molecule has 0 radical (unpaired) electrons. The first kappa shape index (κ1) is 31.7. The van der Waals surface area contributed by atoms with Gasteiger partial charge in [0.25, 0.3) is 0 Å². The summed E-state index contributed by atoms with van der Waals surface area (Å²) in [5.74, 6) is -1.35. The minimum Gasteiger partial charge on any atom is -0.468 e. The summed E-state index contributed by atoms with van der Waals surface area (Å²) in [5, 5.41) is 5.70. The number of ether oxygens (including phenoxy) is 4. The molecule has 1 aliphatic heterocycles. The number of rotatable bonds is 7. The molecule has 1 aromatic rings. The number of hydrogen-bond donors (Lipinski definition) is 2. The number of anilines is 1. The predicted octanol–water partition coefficient (Wildman–Crippen LogP) is 4.16. The van der Waals surface area contributed by atoms with Crippen LogP contribution in [0.3, 0.4) is 0 Å². The van der Waals surface area contributed by atoms with Crippen LogP contribution in [-0.2, 0) is 23.7 Å². The molecule has 14 heteroatoms. The molecular weight excluding hydrogens is 535 g/mol. The van der Waals surface area contributed by atoms with Crippen LogP contribution in [0.4, 0.5) is 24.5 Å². The van der Waals surface area contributed by atoms with E-state index in [4.69, 9.17) is 18.9 Å². The van der Waals surface area contributed by atoms with Gasteiger partial charge in [0.1, 0.15) is 33.4 Å². The molecule has 2 rings (SSSR count). The van der Waals surface area contributed by atoms with E-state index in [0.717, 1.165) is 17.8 Å². The van der Waals surface area contributed by atoms with Gasteiger partial charge in [0.15, 0.2) is 0 Å². The highest BCUT2D eigenvalue weighted by molar-refractivity contribution is 8.15. The lowest BCUT2D eigenvalue weighted by atomic mass is 10.2. The van der Waals surface area contributed by atoms with Crippen molar-refractivity contribution in [1.82, 2.24) is 10.7 Å². The van der Waals surface area contributed by atoms with Crippen LogP contribution in [0.5, 0.6) is 0 Å². The summed E-state index contributed by atoms with van der Waals surface area (Å²) in [4.78, 5) is 49.6. The van der Waals surface area contributed by atoms with Gasteiger partial charge in [-0.3, -0.25) is 9.69 Å². The van der Waals surface area contributed by atoms with E-state index in [1.807, 2.05) is 0 Å². The smallest absolute Gasteiger partial charge is 0.428 e. The average Bonchev–Trinajstić information content (AvgIpc) is 3.18. The number of carbonyl (C=O) groups excluding carboxylic acids is 4. The minimum atomic E-state index is -0.866. The highest BCUT2D eigenvalue weighted by Gasteiger charge is 2.33. The molecule has 0 aromatic heterocycles. The normalized spacial score (nSPS) is 16.7. The number of amides is 3. The SMILES string of the molecule is COC(=O)[C@H](C)S/C(=N\NC(=O)OC(C)(C)C)c1ccc(N2C[C@H](CNC(=O)OC(C)(C)C)OC2=O)cc1F. The topological polar surface area (TPSA) is 145 Å². The molecule has 2 N–H and O–H groups in total. The third-order valence-corrected chi connectivity index (χ3v) is 5.79. The first-order valence-electron chi connectivity index (χ1n) is 12.0. The van der Waals surface area contributed by atoms with E-state index in [1.165, 1.54) is 31.1 Å². The molecule has 0 unspecified atom stereocenters. The Kier molecular flexibility index (Phi) is 10.6. The summed E-state index contributed by atoms with van der Waals surface area (Å²) < 4.78 is 35.6. The Balaban J connectivity index is 2.20. The Bertz CT molecular complexity index is 1120. The molecule has 0 aliphatic carbocycles. The van der Waals surface area contributed by atoms with Crippen LogP contribution in [0.2, 0.25) is 0 Å². The largest absolute Gasteiger partial charge is 0.468 e. The molecule has 1 heterocycles. The zero-order valence-electron chi connectivity index (χ0n) is 23.2. The molecule has 2 atom stereocenters. The minimum absolute atomic E-state index is 0.00686. The van der Waals surface area contributed by atoms with Crippen LogP contribution < -0.4 is 15.6 Å². The number of halogens is 1. The van der Waals surface area contributed by atoms with Gasteiger partial charge in [-0.15, -0.1) is 0 Å². The fourth-order valence-corrected chi connectivity index (χ4v) is 4.04. The first-order chi connectivity index (χ1) is 18.0. The van der Waals surface area contributed by atoms with Crippen molar-refractivity contribution >= 4 is 46.7 Å². The van der Waals surface area contributed by atoms with E-state index < -0.39 is 52.6 Å². The van der Waals surface area contributed by atoms with Gasteiger partial charge in [-0.2, -0.15) is 5.10 Å². The third kappa shape index (κ3) is 10.3. The van der Waals surface area contributed by atoms with Crippen molar-refractivity contribution in [2.45, 2.75) is 71.0 Å². The number of methoxy groups -OCH3 is 1. The summed E-state index contributed by atoms with van der Waals surface area (Å²) in [6.07, 6.45) is -2.92. The zero-order valence-corrected chi connectivity index (χ0v) is 24.1. The maximum Gasteiger partial charge on any atom is 0.428 e.